The van der Waals surface area contributed by atoms with E-state index in [0.29, 0.717) is 68.6 Å². The second kappa shape index (κ2) is 19.7. The lowest BCUT2D eigenvalue weighted by atomic mass is 9.85. The van der Waals surface area contributed by atoms with E-state index in [0.717, 1.165) is 38.5 Å². The summed E-state index contributed by atoms with van der Waals surface area (Å²) < 4.78 is 32.1. The number of carbonyl (C=O) groups excluding carboxylic acids is 3. The van der Waals surface area contributed by atoms with Crippen molar-refractivity contribution in [3.8, 4) is 27.6 Å². The summed E-state index contributed by atoms with van der Waals surface area (Å²) in [6.07, 6.45) is 5.61. The normalized spacial score (nSPS) is 14.7. The number of nitrogens with one attached hydrogen (secondary N) is 5. The van der Waals surface area contributed by atoms with Crippen LogP contribution in [0.1, 0.15) is 76.6 Å². The van der Waals surface area contributed by atoms with Crippen molar-refractivity contribution in [1.29, 1.82) is 0 Å². The second-order valence-corrected chi connectivity index (χ2v) is 18.9. The van der Waals surface area contributed by atoms with Crippen LogP contribution < -0.4 is 25.4 Å². The van der Waals surface area contributed by atoms with Crippen molar-refractivity contribution in [2.45, 2.75) is 92.3 Å². The monoisotopic (exact) mass is 870 g/mol. The Labute approximate surface area is 360 Å². The van der Waals surface area contributed by atoms with Gasteiger partial charge in [-0.3, -0.25) is 24.2 Å². The fourth-order valence-electron chi connectivity index (χ4n) is 6.91. The lowest BCUT2D eigenvalue weighted by molar-refractivity contribution is -0.144. The van der Waals surface area contributed by atoms with Gasteiger partial charge in [0.15, 0.2) is 5.82 Å². The van der Waals surface area contributed by atoms with Crippen LogP contribution in [0, 0.1) is 19.3 Å². The molecule has 0 radical (unpaired) electrons. The molecule has 16 nitrogen and oxygen atoms in total. The maximum atomic E-state index is 14.0. The van der Waals surface area contributed by atoms with Gasteiger partial charge in [0.05, 0.1) is 46.5 Å². The van der Waals surface area contributed by atoms with E-state index in [9.17, 15) is 22.8 Å². The molecular weight excluding hydrogens is 817 g/mol. The first-order valence-electron chi connectivity index (χ1n) is 20.4. The standard InChI is InChI=1S/C43H54N10O6S2/c1-7-61(57,58)52-32-19-17-30(18-20-32)37-27(2)40(51-50-37)48-34-24-45-36(25-44-34)59-22-9-8-12-35(54)49-39(43(4,5)6)42(56)53-21-10-11-33(53)41(55)46-23-29-13-15-31(16-14-29)38-28(3)47-26-60-38/h13-20,24-26,33,39,52H,7-12,21-23H2,1-6H3,(H,46,55)(H,49,54)(H2,44,48,50,51). The third kappa shape index (κ3) is 11.7. The van der Waals surface area contributed by atoms with Gasteiger partial charge in [-0.25, -0.2) is 23.4 Å². The second-order valence-electron chi connectivity index (χ2n) is 16.1. The molecule has 5 N–H and O–H groups in total. The van der Waals surface area contributed by atoms with E-state index >= 15 is 0 Å². The molecule has 1 saturated heterocycles. The lowest BCUT2D eigenvalue weighted by Crippen LogP contribution is -2.57. The van der Waals surface area contributed by atoms with E-state index in [4.69, 9.17) is 4.74 Å². The Bertz CT molecular complexity index is 2390. The van der Waals surface area contributed by atoms with Gasteiger partial charge in [-0.1, -0.05) is 57.2 Å². The van der Waals surface area contributed by atoms with Crippen LogP contribution in [-0.2, 0) is 31.0 Å². The third-order valence-corrected chi connectivity index (χ3v) is 12.7. The molecule has 2 aromatic carbocycles. The van der Waals surface area contributed by atoms with Crippen LogP contribution in [0.15, 0.2) is 66.4 Å². The molecule has 324 valence electrons. The van der Waals surface area contributed by atoms with Crippen molar-refractivity contribution in [2.24, 2.45) is 5.41 Å². The van der Waals surface area contributed by atoms with Crippen LogP contribution in [0.3, 0.4) is 0 Å². The molecule has 0 aliphatic carbocycles. The molecule has 2 unspecified atom stereocenters. The molecule has 3 amide bonds. The molecule has 3 aromatic heterocycles. The van der Waals surface area contributed by atoms with E-state index in [1.54, 1.807) is 35.3 Å². The summed E-state index contributed by atoms with van der Waals surface area (Å²) in [5.74, 6) is 0.642. The van der Waals surface area contributed by atoms with E-state index in [2.05, 4.69) is 45.8 Å². The molecule has 5 aromatic rings. The van der Waals surface area contributed by atoms with Crippen molar-refractivity contribution >= 4 is 56.4 Å². The van der Waals surface area contributed by atoms with Crippen LogP contribution in [0.25, 0.3) is 21.7 Å². The number of aryl methyl sites for hydroxylation is 1. The number of thiazole rings is 1. The van der Waals surface area contributed by atoms with Gasteiger partial charge < -0.3 is 25.6 Å². The predicted molar refractivity (Wildman–Crippen MR) is 237 cm³/mol. The van der Waals surface area contributed by atoms with Gasteiger partial charge in [-0.05, 0) is 75.1 Å². The molecule has 0 spiro atoms. The highest BCUT2D eigenvalue weighted by Crippen LogP contribution is 2.30. The zero-order valence-corrected chi connectivity index (χ0v) is 37.0. The molecule has 0 bridgehead atoms. The van der Waals surface area contributed by atoms with E-state index in [1.165, 1.54) is 12.4 Å². The number of carbonyl (C=O) groups is 3. The minimum Gasteiger partial charge on any atom is -0.477 e. The number of hydrogen-bond acceptors (Lipinski definition) is 12. The fraction of sp³-hybridized carbons (Fsp3) is 0.419. The Morgan fingerprint density at radius 2 is 1.72 bits per heavy atom. The van der Waals surface area contributed by atoms with Crippen LogP contribution in [0.4, 0.5) is 17.3 Å². The highest BCUT2D eigenvalue weighted by molar-refractivity contribution is 7.92. The van der Waals surface area contributed by atoms with E-state index in [-0.39, 0.29) is 29.9 Å². The molecule has 0 saturated carbocycles. The predicted octanol–water partition coefficient (Wildman–Crippen LogP) is 6.50. The number of anilines is 3. The summed E-state index contributed by atoms with van der Waals surface area (Å²) in [5.41, 5.74) is 7.20. The number of hydrogen-bond donors (Lipinski definition) is 5. The zero-order chi connectivity index (χ0) is 43.7. The number of sulfonamides is 1. The van der Waals surface area contributed by atoms with E-state index in [1.807, 2.05) is 76.5 Å². The van der Waals surface area contributed by atoms with Gasteiger partial charge in [0, 0.05) is 36.3 Å². The minimum absolute atomic E-state index is 0.0112. The molecule has 4 heterocycles. The number of benzene rings is 2. The van der Waals surface area contributed by atoms with Gasteiger partial charge in [-0.2, -0.15) is 5.10 Å². The highest BCUT2D eigenvalue weighted by atomic mass is 32.2. The number of ether oxygens (including phenoxy) is 1. The van der Waals surface area contributed by atoms with E-state index < -0.39 is 27.5 Å². The van der Waals surface area contributed by atoms with Gasteiger partial charge in [0.25, 0.3) is 0 Å². The molecule has 6 rings (SSSR count). The molecule has 1 aliphatic heterocycles. The number of amides is 3. The number of rotatable bonds is 18. The summed E-state index contributed by atoms with van der Waals surface area (Å²) in [7, 11) is -3.37. The number of nitrogens with zero attached hydrogens (tertiary/aromatic N) is 5. The first-order chi connectivity index (χ1) is 29.1. The number of aromatic nitrogens is 5. The SMILES string of the molecule is CCS(=O)(=O)Nc1ccc(-c2[nH]nc(Nc3cnc(OCCCCC(=O)NC(C(=O)N4CCCC4C(=O)NCc4ccc(-c5scnc5C)cc4)C(C)(C)C)cn3)c2C)cc1. The Morgan fingerprint density at radius 1 is 0.984 bits per heavy atom. The van der Waals surface area contributed by atoms with Crippen molar-refractivity contribution < 1.29 is 27.5 Å². The summed E-state index contributed by atoms with van der Waals surface area (Å²) in [5, 5.41) is 16.5. The van der Waals surface area contributed by atoms with Crippen molar-refractivity contribution in [3.63, 3.8) is 0 Å². The van der Waals surface area contributed by atoms with Crippen LogP contribution >= 0.6 is 11.3 Å². The van der Waals surface area contributed by atoms with Gasteiger partial charge in [0.1, 0.15) is 17.9 Å². The highest BCUT2D eigenvalue weighted by Gasteiger charge is 2.41. The molecule has 1 aliphatic rings. The molecule has 61 heavy (non-hydrogen) atoms. The average molecular weight is 871 g/mol. The first kappa shape index (κ1) is 44.7. The Hall–Kier alpha value is -5.88. The van der Waals surface area contributed by atoms with Gasteiger partial charge >= 0.3 is 0 Å². The minimum atomic E-state index is -3.37. The molecule has 2 atom stereocenters. The number of unbranched alkanes of at least 4 members (excludes halogenated alkanes) is 1. The van der Waals surface area contributed by atoms with Crippen LogP contribution in [-0.4, -0.2) is 87.2 Å². The summed E-state index contributed by atoms with van der Waals surface area (Å²) in [6, 6.07) is 13.6. The van der Waals surface area contributed by atoms with Crippen molar-refractivity contribution in [2.75, 3.05) is 28.9 Å². The molecule has 18 heteroatoms. The Balaban J connectivity index is 0.925. The lowest BCUT2D eigenvalue weighted by Gasteiger charge is -2.35. The zero-order valence-electron chi connectivity index (χ0n) is 35.4. The van der Waals surface area contributed by atoms with Crippen molar-refractivity contribution in [1.82, 2.24) is 40.7 Å². The van der Waals surface area contributed by atoms with Crippen LogP contribution in [0.2, 0.25) is 0 Å². The smallest absolute Gasteiger partial charge is 0.246 e. The average Bonchev–Trinajstić information content (AvgIpc) is 4.00. The molecule has 1 fully saturated rings. The van der Waals surface area contributed by atoms with Crippen LogP contribution in [0.5, 0.6) is 5.88 Å². The van der Waals surface area contributed by atoms with Gasteiger partial charge in [-0.15, -0.1) is 11.3 Å². The summed E-state index contributed by atoms with van der Waals surface area (Å²) >= 11 is 1.59. The Kier molecular flexibility index (Phi) is 14.4. The number of aromatic amines is 1. The quantitative estimate of drug-likeness (QED) is 0.0600. The maximum absolute atomic E-state index is 14.0. The van der Waals surface area contributed by atoms with Crippen molar-refractivity contribution in [3.05, 3.63) is 83.3 Å². The largest absolute Gasteiger partial charge is 0.477 e. The number of likely N-dealkylation sites (tertiary alicyclic amines) is 1. The number of H-pyrrole nitrogens is 1. The topological polar surface area (TPSA) is 213 Å². The maximum Gasteiger partial charge on any atom is 0.246 e. The Morgan fingerprint density at radius 3 is 2.38 bits per heavy atom. The molecular formula is C43H54N10O6S2. The summed E-state index contributed by atoms with van der Waals surface area (Å²) in [6.45, 7) is 12.3. The summed E-state index contributed by atoms with van der Waals surface area (Å²) in [4.78, 5) is 56.3. The van der Waals surface area contributed by atoms with Gasteiger partial charge in [0.2, 0.25) is 33.6 Å². The fourth-order valence-corrected chi connectivity index (χ4v) is 8.36. The first-order valence-corrected chi connectivity index (χ1v) is 22.9. The third-order valence-electron chi connectivity index (χ3n) is 10.4.